The van der Waals surface area contributed by atoms with Gasteiger partial charge in [-0.3, -0.25) is 9.98 Å². The Balaban J connectivity index is 0.000000611. The summed E-state index contributed by atoms with van der Waals surface area (Å²) in [6.07, 6.45) is 62.8. The van der Waals surface area contributed by atoms with Gasteiger partial charge in [0.2, 0.25) is 0 Å². The topological polar surface area (TPSA) is 180 Å². The van der Waals surface area contributed by atoms with E-state index in [0.29, 0.717) is 23.2 Å². The average molecular weight is 1550 g/mol. The lowest BCUT2D eigenvalue weighted by atomic mass is 9.84. The maximum atomic E-state index is 5.30. The third kappa shape index (κ3) is 34.6. The standard InChI is InChI=1S/2C10H13N.4C9H11NO.4C9H11NS/c1-5-9-6-8(7-11-9)10(2,3)4;1-5-9-8(6-7-11-9)10(2,3)4;1-5-8-10-7(6-11-8)9(2,3)4;1-5-8-10-6-7(11-8)9(2,3)4;1-5-8-7(6-11-10-8)9(2,3)4;1-5-7-6-8(11-10-7)9(2,3)4;1-5-8-10-7(6-11-8)9(2,3)4;1-5-8-10-6-7(11-8)9(2,3)4;1-5-8-7(6-11-10-8)9(2,3)4;1-5-7-6-8(11-10-7)9(2,3)4/h2*1,6H,7H2,2-4H3;8*1,6H,2-4H3. The Bertz CT molecular complexity index is 4300. The fourth-order valence-electron chi connectivity index (χ4n) is 8.05. The van der Waals surface area contributed by atoms with Crippen molar-refractivity contribution >= 4 is 57.2 Å². The molecule has 0 spiro atoms. The van der Waals surface area contributed by atoms with Crippen molar-refractivity contribution in [2.24, 2.45) is 20.8 Å². The third-order valence-corrected chi connectivity index (χ3v) is 18.9. The number of nitrogens with zero attached hydrogens (tertiary/aromatic N) is 10. The molecular formula is C92H114N10O4S4. The summed E-state index contributed by atoms with van der Waals surface area (Å²) in [6, 6.07) is 3.77. The normalized spacial score (nSPS) is 12.3. The maximum absolute atomic E-state index is 5.30. The molecule has 8 aromatic rings. The lowest BCUT2D eigenvalue weighted by Gasteiger charge is -2.19. The van der Waals surface area contributed by atoms with Crippen LogP contribution in [0.2, 0.25) is 0 Å². The molecule has 0 saturated heterocycles. The van der Waals surface area contributed by atoms with E-state index < -0.39 is 0 Å². The number of aliphatic imine (C=N–C) groups is 2. The monoisotopic (exact) mass is 1550 g/mol. The van der Waals surface area contributed by atoms with E-state index in [9.17, 15) is 0 Å². The van der Waals surface area contributed by atoms with Crippen molar-refractivity contribution in [1.82, 2.24) is 39.0 Å². The number of hydrogen-bond donors (Lipinski definition) is 0. The van der Waals surface area contributed by atoms with Gasteiger partial charge in [0.05, 0.1) is 30.7 Å². The number of terminal acetylenes is 10. The molecule has 8 aromatic heterocycles. The molecule has 0 aliphatic carbocycles. The molecule has 110 heavy (non-hydrogen) atoms. The number of hydrogen-bond acceptors (Lipinski definition) is 18. The molecule has 0 saturated carbocycles. The minimum atomic E-state index is -0.0118. The highest BCUT2D eigenvalue weighted by molar-refractivity contribution is 7.12. The van der Waals surface area contributed by atoms with E-state index in [2.05, 4.69) is 280 Å². The lowest BCUT2D eigenvalue weighted by molar-refractivity contribution is 0.328. The second-order valence-corrected chi connectivity index (χ2v) is 38.4. The zero-order valence-corrected chi connectivity index (χ0v) is 74.0. The minimum Gasteiger partial charge on any atom is -0.438 e. The summed E-state index contributed by atoms with van der Waals surface area (Å²) in [6.45, 7) is 64.9. The zero-order valence-electron chi connectivity index (χ0n) is 70.7. The van der Waals surface area contributed by atoms with Gasteiger partial charge >= 0.3 is 0 Å². The molecule has 0 bridgehead atoms. The molecule has 580 valence electrons. The number of thiazole rings is 2. The molecule has 2 aliphatic rings. The largest absolute Gasteiger partial charge is 0.438 e. The van der Waals surface area contributed by atoms with Crippen LogP contribution in [0.1, 0.15) is 296 Å². The first-order chi connectivity index (χ1) is 50.4. The number of aromatic nitrogens is 8. The van der Waals surface area contributed by atoms with E-state index in [0.717, 1.165) is 74.4 Å². The fraction of sp³-hybridized carbons (Fsp3) is 0.457. The van der Waals surface area contributed by atoms with Crippen molar-refractivity contribution in [3.8, 4) is 123 Å². The molecule has 0 radical (unpaired) electrons. The molecule has 18 heteroatoms. The Labute approximate surface area is 677 Å². The molecule has 0 fully saturated rings. The first-order valence-electron chi connectivity index (χ1n) is 35.3. The van der Waals surface area contributed by atoms with Crippen LogP contribution in [0.25, 0.3) is 0 Å². The van der Waals surface area contributed by atoms with Gasteiger partial charge in [-0.25, -0.2) is 19.9 Å². The van der Waals surface area contributed by atoms with Crippen molar-refractivity contribution in [2.45, 2.75) is 251 Å². The summed E-state index contributed by atoms with van der Waals surface area (Å²) >= 11 is 6.04. The highest BCUT2D eigenvalue weighted by Crippen LogP contribution is 2.33. The zero-order chi connectivity index (χ0) is 84.8. The van der Waals surface area contributed by atoms with Crippen molar-refractivity contribution in [3.63, 3.8) is 0 Å². The molecule has 2 aliphatic heterocycles. The summed E-state index contributed by atoms with van der Waals surface area (Å²) < 4.78 is 28.3. The van der Waals surface area contributed by atoms with E-state index in [-0.39, 0.29) is 54.1 Å². The molecule has 14 nitrogen and oxygen atoms in total. The Hall–Kier alpha value is -10.2. The molecule has 0 atom stereocenters. The quantitative estimate of drug-likeness (QED) is 0.131. The van der Waals surface area contributed by atoms with Gasteiger partial charge in [0, 0.05) is 65.6 Å². The Kier molecular flexibility index (Phi) is 37.4. The van der Waals surface area contributed by atoms with Crippen LogP contribution in [0.3, 0.4) is 0 Å². The number of oxazole rings is 2. The van der Waals surface area contributed by atoms with Crippen LogP contribution < -0.4 is 0 Å². The van der Waals surface area contributed by atoms with E-state index in [4.69, 9.17) is 82.1 Å². The van der Waals surface area contributed by atoms with Crippen LogP contribution >= 0.6 is 45.7 Å². The number of rotatable bonds is 0. The first kappa shape index (κ1) is 97.8. The van der Waals surface area contributed by atoms with Crippen LogP contribution in [0.15, 0.2) is 99.0 Å². The summed E-state index contributed by atoms with van der Waals surface area (Å²) in [7, 11) is 0. The van der Waals surface area contributed by atoms with Gasteiger partial charge < -0.3 is 17.9 Å². The Morgan fingerprint density at radius 2 is 0.991 bits per heavy atom. The van der Waals surface area contributed by atoms with Crippen molar-refractivity contribution in [3.05, 3.63) is 159 Å². The molecule has 0 unspecified atom stereocenters. The minimum absolute atomic E-state index is 0.0118. The van der Waals surface area contributed by atoms with Gasteiger partial charge in [0.1, 0.15) is 46.9 Å². The van der Waals surface area contributed by atoms with Crippen LogP contribution in [0.4, 0.5) is 0 Å². The molecule has 0 aromatic carbocycles. The van der Waals surface area contributed by atoms with E-state index in [1.807, 2.05) is 70.6 Å². The molecule has 0 amide bonds. The predicted molar refractivity (Wildman–Crippen MR) is 465 cm³/mol. The van der Waals surface area contributed by atoms with Crippen LogP contribution in [-0.2, 0) is 43.3 Å². The maximum Gasteiger partial charge on any atom is 0.273 e. The van der Waals surface area contributed by atoms with Crippen LogP contribution in [0, 0.1) is 134 Å². The first-order valence-corrected chi connectivity index (χ1v) is 38.6. The predicted octanol–water partition coefficient (Wildman–Crippen LogP) is 21.6. The second-order valence-electron chi connectivity index (χ2n) is 35.1. The van der Waals surface area contributed by atoms with E-state index in [1.54, 1.807) is 36.1 Å². The molecule has 10 heterocycles. The van der Waals surface area contributed by atoms with Gasteiger partial charge in [-0.15, -0.1) is 86.9 Å². The number of allylic oxidation sites excluding steroid dienone is 2. The Morgan fingerprint density at radius 3 is 1.29 bits per heavy atom. The SMILES string of the molecule is C#CC1=NCC(C(C)(C)C)=C1.C#CC1=NCC=C1C(C)(C)C.C#Cc1cc(C(C)(C)C)on1.C#Cc1cc(C(C)(C)C)sn1.C#Cc1nc(C(C)(C)C)co1.C#Cc1nc(C(C)(C)C)cs1.C#Cc1ncc(C(C)(C)C)o1.C#Cc1ncc(C(C)(C)C)s1.C#Cc1nocc1C(C)(C)C.C#Cc1nscc1C(C)(C)C. The summed E-state index contributed by atoms with van der Waals surface area (Å²) in [5, 5.41) is 13.0. The van der Waals surface area contributed by atoms with Gasteiger partial charge in [-0.2, -0.15) is 8.75 Å². The van der Waals surface area contributed by atoms with Crippen molar-refractivity contribution < 1.29 is 17.9 Å². The third-order valence-electron chi connectivity index (χ3n) is 14.9. The van der Waals surface area contributed by atoms with Crippen molar-refractivity contribution in [1.29, 1.82) is 0 Å². The summed E-state index contributed by atoms with van der Waals surface area (Å²) in [5.74, 6) is 27.2. The van der Waals surface area contributed by atoms with E-state index >= 15 is 0 Å². The van der Waals surface area contributed by atoms with Crippen LogP contribution in [-0.4, -0.2) is 63.5 Å². The highest BCUT2D eigenvalue weighted by Gasteiger charge is 2.26. The molecule has 10 rings (SSSR count). The highest BCUT2D eigenvalue weighted by atomic mass is 32.1. The molecular weight excluding hydrogens is 1440 g/mol. The van der Waals surface area contributed by atoms with Crippen molar-refractivity contribution in [2.75, 3.05) is 13.1 Å². The van der Waals surface area contributed by atoms with Gasteiger partial charge in [-0.05, 0) is 126 Å². The van der Waals surface area contributed by atoms with Crippen LogP contribution in [0.5, 0.6) is 0 Å². The fourth-order valence-corrected chi connectivity index (χ4v) is 11.3. The van der Waals surface area contributed by atoms with Gasteiger partial charge in [0.25, 0.3) is 11.8 Å². The smallest absolute Gasteiger partial charge is 0.273 e. The van der Waals surface area contributed by atoms with Gasteiger partial charge in [0.15, 0.2) is 21.4 Å². The van der Waals surface area contributed by atoms with Gasteiger partial charge in [-0.1, -0.05) is 236 Å². The second kappa shape index (κ2) is 42.1. The average Bonchev–Trinajstić information content (AvgIpc) is 1.69. The lowest BCUT2D eigenvalue weighted by Crippen LogP contribution is -2.14. The summed E-state index contributed by atoms with van der Waals surface area (Å²) in [5.41, 5.74) is 11.9. The van der Waals surface area contributed by atoms with E-state index in [1.165, 1.54) is 60.9 Å². The Morgan fingerprint density at radius 1 is 0.427 bits per heavy atom. The summed E-state index contributed by atoms with van der Waals surface area (Å²) in [4.78, 5) is 27.2. The molecule has 0 N–H and O–H groups in total.